The van der Waals surface area contributed by atoms with Crippen LogP contribution in [0.5, 0.6) is 5.75 Å². The van der Waals surface area contributed by atoms with E-state index in [1.807, 2.05) is 43.3 Å². The van der Waals surface area contributed by atoms with Gasteiger partial charge in [0.05, 0.1) is 7.11 Å². The largest absolute Gasteiger partial charge is 0.494 e. The summed E-state index contributed by atoms with van der Waals surface area (Å²) in [6.45, 7) is 4.13. The van der Waals surface area contributed by atoms with Gasteiger partial charge in [-0.15, -0.1) is 0 Å². The lowest BCUT2D eigenvalue weighted by Gasteiger charge is -2.27. The van der Waals surface area contributed by atoms with Crippen LogP contribution in [0.25, 0.3) is 10.9 Å². The lowest BCUT2D eigenvalue weighted by Crippen LogP contribution is -2.24. The Hall–Kier alpha value is -1.53. The van der Waals surface area contributed by atoms with E-state index in [1.165, 1.54) is 0 Å². The molecule has 3 nitrogen and oxygen atoms in total. The van der Waals surface area contributed by atoms with Gasteiger partial charge >= 0.3 is 0 Å². The van der Waals surface area contributed by atoms with Crippen molar-refractivity contribution in [1.29, 1.82) is 0 Å². The van der Waals surface area contributed by atoms with Gasteiger partial charge in [-0.25, -0.2) is 4.98 Å². The van der Waals surface area contributed by atoms with Crippen molar-refractivity contribution in [1.82, 2.24) is 4.98 Å². The Morgan fingerprint density at radius 3 is 2.54 bits per heavy atom. The van der Waals surface area contributed by atoms with E-state index in [4.69, 9.17) is 16.3 Å². The molecule has 0 bridgehead atoms. The molecule has 0 saturated carbocycles. The Kier molecular flexibility index (Phi) is 4.88. The van der Waals surface area contributed by atoms with Gasteiger partial charge in [0, 0.05) is 21.8 Å². The number of alkyl halides is 1. The number of hydrogen-bond acceptors (Lipinski definition) is 3. The molecule has 1 N–H and O–H groups in total. The van der Waals surface area contributed by atoms with E-state index in [2.05, 4.69) is 51.9 Å². The van der Waals surface area contributed by atoms with Crippen LogP contribution in [0.15, 0.2) is 48.5 Å². The number of aromatic nitrogens is 1. The highest BCUT2D eigenvalue weighted by molar-refractivity contribution is 14.1. The number of para-hydroxylation sites is 1. The Bertz CT molecular complexity index is 878. The summed E-state index contributed by atoms with van der Waals surface area (Å²) in [6.07, 6.45) is 0. The van der Waals surface area contributed by atoms with Gasteiger partial charge in [-0.3, -0.25) is 0 Å². The smallest absolute Gasteiger partial charge is 0.145 e. The van der Waals surface area contributed by atoms with Gasteiger partial charge in [-0.2, -0.15) is 0 Å². The van der Waals surface area contributed by atoms with E-state index in [0.29, 0.717) is 0 Å². The first-order valence-electron chi connectivity index (χ1n) is 7.58. The van der Waals surface area contributed by atoms with E-state index >= 15 is 0 Å². The molecule has 0 unspecified atom stereocenters. The van der Waals surface area contributed by atoms with Gasteiger partial charge in [-0.1, -0.05) is 35.9 Å². The summed E-state index contributed by atoms with van der Waals surface area (Å²) in [4.78, 5) is 4.64. The number of pyridine rings is 1. The maximum atomic E-state index is 6.01. The number of fused-ring (bicyclic) bond motifs is 1. The zero-order chi connectivity index (χ0) is 17.3. The zero-order valence-corrected chi connectivity index (χ0v) is 16.6. The summed E-state index contributed by atoms with van der Waals surface area (Å²) in [5, 5.41) is 5.41. The molecule has 1 heterocycles. The topological polar surface area (TPSA) is 34.1 Å². The number of rotatable bonds is 4. The first kappa shape index (κ1) is 17.3. The summed E-state index contributed by atoms with van der Waals surface area (Å²) >= 11 is 8.42. The highest BCUT2D eigenvalue weighted by atomic mass is 127. The van der Waals surface area contributed by atoms with Crippen LogP contribution in [0.3, 0.4) is 0 Å². The molecule has 0 radical (unpaired) electrons. The number of nitrogens with one attached hydrogen (secondary N) is 1. The Labute approximate surface area is 160 Å². The van der Waals surface area contributed by atoms with Crippen LogP contribution in [0.1, 0.15) is 18.2 Å². The van der Waals surface area contributed by atoms with Gasteiger partial charge in [0.25, 0.3) is 0 Å². The first-order valence-corrected chi connectivity index (χ1v) is 9.04. The number of hydrogen-bond donors (Lipinski definition) is 1. The third-order valence-corrected chi connectivity index (χ3v) is 5.05. The SMILES string of the molecule is COc1cccc2c(N[C@@](C)(I)c3ccc(Cl)cc3)cc(C)nc12. The molecule has 0 spiro atoms. The molecule has 0 aliphatic rings. The van der Waals surface area contributed by atoms with Crippen molar-refractivity contribution in [2.75, 3.05) is 12.4 Å². The molecule has 0 aliphatic heterocycles. The van der Waals surface area contributed by atoms with Crippen LogP contribution in [0, 0.1) is 6.92 Å². The molecule has 3 aromatic rings. The number of aryl methyl sites for hydroxylation is 1. The second-order valence-corrected chi connectivity index (χ2v) is 8.40. The molecular formula is C19H18ClIN2O. The number of anilines is 1. The van der Waals surface area contributed by atoms with Crippen molar-refractivity contribution in [3.05, 3.63) is 64.8 Å². The number of benzene rings is 2. The maximum absolute atomic E-state index is 6.01. The summed E-state index contributed by atoms with van der Waals surface area (Å²) in [7, 11) is 1.67. The fourth-order valence-corrected chi connectivity index (χ4v) is 3.48. The van der Waals surface area contributed by atoms with E-state index < -0.39 is 0 Å². The summed E-state index contributed by atoms with van der Waals surface area (Å²) in [5.74, 6) is 0.779. The van der Waals surface area contributed by atoms with E-state index in [0.717, 1.165) is 38.6 Å². The zero-order valence-electron chi connectivity index (χ0n) is 13.7. The normalized spacial score (nSPS) is 13.5. The number of nitrogens with zero attached hydrogens (tertiary/aromatic N) is 1. The van der Waals surface area contributed by atoms with Crippen molar-refractivity contribution < 1.29 is 4.74 Å². The molecule has 2 aromatic carbocycles. The van der Waals surface area contributed by atoms with Crippen molar-refractivity contribution in [2.45, 2.75) is 17.4 Å². The maximum Gasteiger partial charge on any atom is 0.145 e. The van der Waals surface area contributed by atoms with Crippen LogP contribution in [0.4, 0.5) is 5.69 Å². The number of halogens is 2. The third kappa shape index (κ3) is 3.44. The summed E-state index contributed by atoms with van der Waals surface area (Å²) in [6, 6.07) is 15.9. The molecule has 124 valence electrons. The molecule has 0 saturated heterocycles. The third-order valence-electron chi connectivity index (χ3n) is 3.91. The average molecular weight is 453 g/mol. The predicted molar refractivity (Wildman–Crippen MR) is 109 cm³/mol. The number of methoxy groups -OCH3 is 1. The molecular weight excluding hydrogens is 435 g/mol. The Morgan fingerprint density at radius 1 is 1.17 bits per heavy atom. The highest BCUT2D eigenvalue weighted by Crippen LogP contribution is 2.37. The van der Waals surface area contributed by atoms with E-state index in [1.54, 1.807) is 7.11 Å². The molecule has 1 aromatic heterocycles. The van der Waals surface area contributed by atoms with E-state index in [9.17, 15) is 0 Å². The van der Waals surface area contributed by atoms with Crippen LogP contribution < -0.4 is 10.1 Å². The van der Waals surface area contributed by atoms with Crippen molar-refractivity contribution in [3.63, 3.8) is 0 Å². The summed E-state index contributed by atoms with van der Waals surface area (Å²) < 4.78 is 5.17. The van der Waals surface area contributed by atoms with Crippen LogP contribution in [-0.4, -0.2) is 12.1 Å². The second kappa shape index (κ2) is 6.76. The van der Waals surface area contributed by atoms with Gasteiger partial charge in [0.1, 0.15) is 14.8 Å². The Balaban J connectivity index is 2.07. The molecule has 24 heavy (non-hydrogen) atoms. The molecule has 3 rings (SSSR count). The minimum absolute atomic E-state index is 0.286. The van der Waals surface area contributed by atoms with Crippen molar-refractivity contribution in [3.8, 4) is 5.75 Å². The summed E-state index contributed by atoms with van der Waals surface area (Å²) in [5.41, 5.74) is 3.99. The first-order chi connectivity index (χ1) is 11.4. The van der Waals surface area contributed by atoms with E-state index in [-0.39, 0.29) is 3.55 Å². The number of ether oxygens (including phenoxy) is 1. The van der Waals surface area contributed by atoms with Gasteiger partial charge < -0.3 is 10.1 Å². The van der Waals surface area contributed by atoms with Gasteiger partial charge in [-0.05, 0) is 66.3 Å². The lowest BCUT2D eigenvalue weighted by atomic mass is 10.1. The highest BCUT2D eigenvalue weighted by Gasteiger charge is 2.23. The fraction of sp³-hybridized carbons (Fsp3) is 0.211. The molecule has 0 aliphatic carbocycles. The minimum atomic E-state index is -0.286. The Morgan fingerprint density at radius 2 is 1.88 bits per heavy atom. The second-order valence-electron chi connectivity index (χ2n) is 5.80. The monoisotopic (exact) mass is 452 g/mol. The van der Waals surface area contributed by atoms with Crippen LogP contribution >= 0.6 is 34.2 Å². The standard InChI is InChI=1S/C19H18ClIN2O/c1-12-11-16(15-5-4-6-17(24-3)18(15)22-12)23-19(2,21)13-7-9-14(20)10-8-13/h4-11H,1-3H3,(H,22,23)/t19-/m1/s1. The van der Waals surface area contributed by atoms with Crippen LogP contribution in [-0.2, 0) is 3.55 Å². The van der Waals surface area contributed by atoms with Crippen molar-refractivity contribution >= 4 is 50.8 Å². The van der Waals surface area contributed by atoms with Gasteiger partial charge in [0.15, 0.2) is 0 Å². The minimum Gasteiger partial charge on any atom is -0.494 e. The van der Waals surface area contributed by atoms with Gasteiger partial charge in [0.2, 0.25) is 0 Å². The molecule has 0 amide bonds. The average Bonchev–Trinajstić information content (AvgIpc) is 2.54. The quantitative estimate of drug-likeness (QED) is 0.303. The predicted octanol–water partition coefficient (Wildman–Crippen LogP) is 5.93. The van der Waals surface area contributed by atoms with Crippen molar-refractivity contribution in [2.24, 2.45) is 0 Å². The van der Waals surface area contributed by atoms with Crippen LogP contribution in [0.2, 0.25) is 5.02 Å². The molecule has 5 heteroatoms. The molecule has 1 atom stereocenters. The fourth-order valence-electron chi connectivity index (χ4n) is 2.71. The lowest BCUT2D eigenvalue weighted by molar-refractivity contribution is 0.419. The molecule has 0 fully saturated rings.